The molecule has 0 radical (unpaired) electrons. The van der Waals surface area contributed by atoms with Crippen molar-refractivity contribution >= 4 is 11.7 Å². The summed E-state index contributed by atoms with van der Waals surface area (Å²) in [5, 5.41) is 12.1. The van der Waals surface area contributed by atoms with Crippen LogP contribution >= 0.6 is 0 Å². The predicted octanol–water partition coefficient (Wildman–Crippen LogP) is 0.558. The molecule has 0 aliphatic rings. The van der Waals surface area contributed by atoms with E-state index in [2.05, 4.69) is 5.32 Å². The molecular formula is C12H16N2O3. The second kappa shape index (κ2) is 5.45. The van der Waals surface area contributed by atoms with Crippen molar-refractivity contribution in [3.05, 3.63) is 29.3 Å². The Morgan fingerprint density at radius 3 is 2.65 bits per heavy atom. The SMILES string of the molecule is CC(=O)NCc1cc(C(=O)C(C)N)ccc1O. The molecule has 0 fully saturated rings. The lowest BCUT2D eigenvalue weighted by molar-refractivity contribution is -0.119. The maximum Gasteiger partial charge on any atom is 0.217 e. The molecule has 1 unspecified atom stereocenters. The van der Waals surface area contributed by atoms with Gasteiger partial charge in [0.15, 0.2) is 5.78 Å². The van der Waals surface area contributed by atoms with Crippen molar-refractivity contribution in [2.24, 2.45) is 5.73 Å². The maximum absolute atomic E-state index is 11.7. The number of carbonyl (C=O) groups is 2. The molecule has 4 N–H and O–H groups in total. The lowest BCUT2D eigenvalue weighted by Gasteiger charge is -2.09. The van der Waals surface area contributed by atoms with Crippen LogP contribution in [-0.2, 0) is 11.3 Å². The number of phenolic OH excluding ortho intramolecular Hbond substituents is 1. The first-order chi connectivity index (χ1) is 7.91. The largest absolute Gasteiger partial charge is 0.508 e. The fraction of sp³-hybridized carbons (Fsp3) is 0.333. The molecule has 17 heavy (non-hydrogen) atoms. The molecule has 92 valence electrons. The van der Waals surface area contributed by atoms with Crippen molar-refractivity contribution in [1.29, 1.82) is 0 Å². The van der Waals surface area contributed by atoms with Gasteiger partial charge >= 0.3 is 0 Å². The van der Waals surface area contributed by atoms with E-state index >= 15 is 0 Å². The molecule has 0 bridgehead atoms. The van der Waals surface area contributed by atoms with Gasteiger partial charge in [-0.25, -0.2) is 0 Å². The number of nitrogens with one attached hydrogen (secondary N) is 1. The van der Waals surface area contributed by atoms with Crippen molar-refractivity contribution in [3.63, 3.8) is 0 Å². The predicted molar refractivity (Wildman–Crippen MR) is 63.6 cm³/mol. The number of hydrogen-bond donors (Lipinski definition) is 3. The van der Waals surface area contributed by atoms with Crippen molar-refractivity contribution in [2.75, 3.05) is 0 Å². The summed E-state index contributed by atoms with van der Waals surface area (Å²) in [6, 6.07) is 3.88. The zero-order valence-corrected chi connectivity index (χ0v) is 9.86. The fourth-order valence-electron chi connectivity index (χ4n) is 1.36. The molecule has 0 aliphatic carbocycles. The Hall–Kier alpha value is -1.88. The average molecular weight is 236 g/mol. The Bertz CT molecular complexity index is 441. The van der Waals surface area contributed by atoms with E-state index in [0.717, 1.165) is 0 Å². The summed E-state index contributed by atoms with van der Waals surface area (Å²) in [6.45, 7) is 3.16. The summed E-state index contributed by atoms with van der Waals surface area (Å²) in [6.07, 6.45) is 0. The molecule has 1 aromatic carbocycles. The van der Waals surface area contributed by atoms with Crippen LogP contribution in [0.3, 0.4) is 0 Å². The van der Waals surface area contributed by atoms with Crippen LogP contribution in [0.15, 0.2) is 18.2 Å². The highest BCUT2D eigenvalue weighted by Gasteiger charge is 2.13. The van der Waals surface area contributed by atoms with Crippen LogP contribution in [0, 0.1) is 0 Å². The third kappa shape index (κ3) is 3.57. The number of hydrogen-bond acceptors (Lipinski definition) is 4. The van der Waals surface area contributed by atoms with Gasteiger partial charge in [0, 0.05) is 24.6 Å². The number of phenols is 1. The molecule has 0 saturated carbocycles. The number of ketones is 1. The first kappa shape index (κ1) is 13.2. The van der Waals surface area contributed by atoms with E-state index < -0.39 is 6.04 Å². The Balaban J connectivity index is 2.94. The number of nitrogens with two attached hydrogens (primary N) is 1. The standard InChI is InChI=1S/C12H16N2O3/c1-7(13)12(17)9-3-4-11(16)10(5-9)6-14-8(2)15/h3-5,7,16H,6,13H2,1-2H3,(H,14,15). The Kier molecular flexibility index (Phi) is 4.23. The van der Waals surface area contributed by atoms with Gasteiger partial charge in [0.05, 0.1) is 6.04 Å². The van der Waals surface area contributed by atoms with Gasteiger partial charge in [-0.05, 0) is 25.1 Å². The van der Waals surface area contributed by atoms with Crippen molar-refractivity contribution < 1.29 is 14.7 Å². The maximum atomic E-state index is 11.7. The minimum absolute atomic E-state index is 0.0416. The van der Waals surface area contributed by atoms with Gasteiger partial charge in [-0.1, -0.05) is 0 Å². The fourth-order valence-corrected chi connectivity index (χ4v) is 1.36. The van der Waals surface area contributed by atoms with E-state index in [1.54, 1.807) is 6.92 Å². The average Bonchev–Trinajstić information content (AvgIpc) is 2.26. The van der Waals surface area contributed by atoms with Crippen molar-refractivity contribution in [3.8, 4) is 5.75 Å². The number of rotatable bonds is 4. The van der Waals surface area contributed by atoms with Gasteiger partial charge in [-0.2, -0.15) is 0 Å². The molecule has 0 spiro atoms. The zero-order chi connectivity index (χ0) is 13.0. The second-order valence-corrected chi connectivity index (χ2v) is 3.91. The van der Waals surface area contributed by atoms with E-state index in [9.17, 15) is 14.7 Å². The highest BCUT2D eigenvalue weighted by molar-refractivity contribution is 6.00. The van der Waals surface area contributed by atoms with Crippen LogP contribution in [0.1, 0.15) is 29.8 Å². The molecule has 1 aromatic rings. The van der Waals surface area contributed by atoms with Gasteiger partial charge in [0.1, 0.15) is 5.75 Å². The molecule has 5 heteroatoms. The normalized spacial score (nSPS) is 11.9. The van der Waals surface area contributed by atoms with E-state index in [1.807, 2.05) is 0 Å². The number of benzene rings is 1. The first-order valence-electron chi connectivity index (χ1n) is 5.28. The molecule has 0 aliphatic heterocycles. The molecule has 0 saturated heterocycles. The Morgan fingerprint density at radius 2 is 2.12 bits per heavy atom. The lowest BCUT2D eigenvalue weighted by Crippen LogP contribution is -2.27. The number of aromatic hydroxyl groups is 1. The highest BCUT2D eigenvalue weighted by atomic mass is 16.3. The van der Waals surface area contributed by atoms with Crippen LogP contribution in [-0.4, -0.2) is 22.8 Å². The van der Waals surface area contributed by atoms with Gasteiger partial charge in [0.25, 0.3) is 0 Å². The quantitative estimate of drug-likeness (QED) is 0.666. The monoisotopic (exact) mass is 236 g/mol. The summed E-state index contributed by atoms with van der Waals surface area (Å²) in [5.74, 6) is -0.359. The summed E-state index contributed by atoms with van der Waals surface area (Å²) in [7, 11) is 0. The van der Waals surface area contributed by atoms with Crippen molar-refractivity contribution in [1.82, 2.24) is 5.32 Å². The molecule has 0 heterocycles. The molecule has 0 aromatic heterocycles. The van der Waals surface area contributed by atoms with Gasteiger partial charge < -0.3 is 16.2 Å². The van der Waals surface area contributed by atoms with Crippen LogP contribution in [0.2, 0.25) is 0 Å². The number of Topliss-reactive ketones (excluding diaryl/α,β-unsaturated/α-hetero) is 1. The second-order valence-electron chi connectivity index (χ2n) is 3.91. The summed E-state index contributed by atoms with van der Waals surface area (Å²) in [4.78, 5) is 22.4. The third-order valence-electron chi connectivity index (χ3n) is 2.31. The molecule has 1 atom stereocenters. The third-order valence-corrected chi connectivity index (χ3v) is 2.31. The van der Waals surface area contributed by atoms with Crippen LogP contribution in [0.25, 0.3) is 0 Å². The van der Waals surface area contributed by atoms with Crippen LogP contribution in [0.5, 0.6) is 5.75 Å². The van der Waals surface area contributed by atoms with Gasteiger partial charge in [0.2, 0.25) is 5.91 Å². The number of amides is 1. The zero-order valence-electron chi connectivity index (χ0n) is 9.86. The topological polar surface area (TPSA) is 92.4 Å². The first-order valence-corrected chi connectivity index (χ1v) is 5.28. The van der Waals surface area contributed by atoms with E-state index in [4.69, 9.17) is 5.73 Å². The number of carbonyl (C=O) groups excluding carboxylic acids is 2. The van der Waals surface area contributed by atoms with E-state index in [0.29, 0.717) is 11.1 Å². The minimum Gasteiger partial charge on any atom is -0.508 e. The van der Waals surface area contributed by atoms with Crippen LogP contribution < -0.4 is 11.1 Å². The minimum atomic E-state index is -0.590. The molecular weight excluding hydrogens is 220 g/mol. The lowest BCUT2D eigenvalue weighted by atomic mass is 10.0. The highest BCUT2D eigenvalue weighted by Crippen LogP contribution is 2.19. The Morgan fingerprint density at radius 1 is 1.47 bits per heavy atom. The van der Waals surface area contributed by atoms with Gasteiger partial charge in [-0.3, -0.25) is 9.59 Å². The Labute approximate surface area is 99.6 Å². The van der Waals surface area contributed by atoms with Crippen molar-refractivity contribution in [2.45, 2.75) is 26.4 Å². The molecule has 1 amide bonds. The summed E-state index contributed by atoms with van der Waals surface area (Å²) < 4.78 is 0. The van der Waals surface area contributed by atoms with E-state index in [1.165, 1.54) is 25.1 Å². The summed E-state index contributed by atoms with van der Waals surface area (Å²) in [5.41, 5.74) is 6.42. The molecule has 5 nitrogen and oxygen atoms in total. The smallest absolute Gasteiger partial charge is 0.217 e. The van der Waals surface area contributed by atoms with Gasteiger partial charge in [-0.15, -0.1) is 0 Å². The van der Waals surface area contributed by atoms with Crippen LogP contribution in [0.4, 0.5) is 0 Å². The molecule has 1 rings (SSSR count). The summed E-state index contributed by atoms with van der Waals surface area (Å²) >= 11 is 0. The van der Waals surface area contributed by atoms with E-state index in [-0.39, 0.29) is 24.0 Å².